The smallest absolute Gasteiger partial charge is 0.224 e. The van der Waals surface area contributed by atoms with Crippen LogP contribution >= 0.6 is 0 Å². The number of aliphatic hydroxyl groups is 1. The van der Waals surface area contributed by atoms with E-state index in [4.69, 9.17) is 15.6 Å². The molecule has 0 aliphatic heterocycles. The Kier molecular flexibility index (Phi) is 7.81. The molecule has 0 heterocycles. The lowest BCUT2D eigenvalue weighted by molar-refractivity contribution is -0.116. The monoisotopic (exact) mass is 266 g/mol. The third-order valence-corrected chi connectivity index (χ3v) is 2.65. The molecule has 0 saturated carbocycles. The summed E-state index contributed by atoms with van der Waals surface area (Å²) in [5.41, 5.74) is 7.30. The summed E-state index contributed by atoms with van der Waals surface area (Å²) in [6.07, 6.45) is 1.72. The zero-order valence-corrected chi connectivity index (χ0v) is 11.1. The van der Waals surface area contributed by atoms with E-state index in [-0.39, 0.29) is 12.5 Å². The summed E-state index contributed by atoms with van der Waals surface area (Å²) in [5.74, 6) is -0.0355. The number of rotatable bonds is 9. The molecule has 19 heavy (non-hydrogen) atoms. The molecule has 5 heteroatoms. The fourth-order valence-corrected chi connectivity index (χ4v) is 1.64. The highest BCUT2D eigenvalue weighted by molar-refractivity contribution is 5.91. The molecule has 0 saturated heterocycles. The van der Waals surface area contributed by atoms with Crippen LogP contribution in [0.2, 0.25) is 0 Å². The van der Waals surface area contributed by atoms with Gasteiger partial charge in [-0.15, -0.1) is 0 Å². The van der Waals surface area contributed by atoms with Crippen LogP contribution in [0.4, 0.5) is 5.69 Å². The van der Waals surface area contributed by atoms with E-state index >= 15 is 0 Å². The van der Waals surface area contributed by atoms with Crippen molar-refractivity contribution in [3.63, 3.8) is 0 Å². The standard InChI is InChI=1S/C14H22N2O3/c15-11-12-5-1-2-6-13(12)16-14(18)7-3-9-19-10-4-8-17/h1-2,5-6,17H,3-4,7-11,15H2,(H,16,18). The van der Waals surface area contributed by atoms with Crippen molar-refractivity contribution in [2.75, 3.05) is 25.1 Å². The number of para-hydroxylation sites is 1. The van der Waals surface area contributed by atoms with E-state index in [2.05, 4.69) is 5.32 Å². The zero-order chi connectivity index (χ0) is 13.9. The lowest BCUT2D eigenvalue weighted by atomic mass is 10.1. The fraction of sp³-hybridized carbons (Fsp3) is 0.500. The van der Waals surface area contributed by atoms with Crippen LogP contribution in [0.25, 0.3) is 0 Å². The zero-order valence-electron chi connectivity index (χ0n) is 11.1. The molecule has 0 atom stereocenters. The highest BCUT2D eigenvalue weighted by Crippen LogP contribution is 2.14. The maximum Gasteiger partial charge on any atom is 0.224 e. The van der Waals surface area contributed by atoms with Gasteiger partial charge in [-0.25, -0.2) is 0 Å². The average Bonchev–Trinajstić information content (AvgIpc) is 2.43. The molecule has 106 valence electrons. The van der Waals surface area contributed by atoms with Gasteiger partial charge in [0.15, 0.2) is 0 Å². The second-order valence-electron chi connectivity index (χ2n) is 4.20. The Morgan fingerprint density at radius 3 is 2.74 bits per heavy atom. The molecule has 0 fully saturated rings. The first-order valence-electron chi connectivity index (χ1n) is 6.54. The van der Waals surface area contributed by atoms with Gasteiger partial charge in [0.1, 0.15) is 0 Å². The molecule has 5 nitrogen and oxygen atoms in total. The molecule has 1 rings (SSSR count). The predicted molar refractivity (Wildman–Crippen MR) is 74.7 cm³/mol. The van der Waals surface area contributed by atoms with Gasteiger partial charge in [0.2, 0.25) is 5.91 Å². The van der Waals surface area contributed by atoms with E-state index in [0.717, 1.165) is 11.3 Å². The van der Waals surface area contributed by atoms with E-state index in [1.165, 1.54) is 0 Å². The van der Waals surface area contributed by atoms with Crippen molar-refractivity contribution >= 4 is 11.6 Å². The second kappa shape index (κ2) is 9.49. The first-order valence-corrected chi connectivity index (χ1v) is 6.54. The number of hydrogen-bond acceptors (Lipinski definition) is 4. The molecule has 0 radical (unpaired) electrons. The number of benzene rings is 1. The number of nitrogens with one attached hydrogen (secondary N) is 1. The summed E-state index contributed by atoms with van der Waals surface area (Å²) >= 11 is 0. The van der Waals surface area contributed by atoms with E-state index in [1.54, 1.807) is 0 Å². The van der Waals surface area contributed by atoms with E-state index < -0.39 is 0 Å². The number of ether oxygens (including phenoxy) is 1. The van der Waals surface area contributed by atoms with Crippen LogP contribution in [0.5, 0.6) is 0 Å². The summed E-state index contributed by atoms with van der Waals surface area (Å²) in [6, 6.07) is 7.51. The van der Waals surface area contributed by atoms with Crippen LogP contribution in [0.3, 0.4) is 0 Å². The Morgan fingerprint density at radius 2 is 2.00 bits per heavy atom. The molecule has 4 N–H and O–H groups in total. The van der Waals surface area contributed by atoms with Crippen LogP contribution < -0.4 is 11.1 Å². The van der Waals surface area contributed by atoms with Crippen LogP contribution in [-0.4, -0.2) is 30.8 Å². The van der Waals surface area contributed by atoms with Gasteiger partial charge in [-0.2, -0.15) is 0 Å². The van der Waals surface area contributed by atoms with E-state index in [0.29, 0.717) is 39.0 Å². The van der Waals surface area contributed by atoms with Crippen LogP contribution in [0.15, 0.2) is 24.3 Å². The van der Waals surface area contributed by atoms with E-state index in [9.17, 15) is 4.79 Å². The molecule has 0 aliphatic carbocycles. The number of aliphatic hydroxyl groups excluding tert-OH is 1. The highest BCUT2D eigenvalue weighted by atomic mass is 16.5. The Balaban J connectivity index is 2.23. The number of anilines is 1. The van der Waals surface area contributed by atoms with Gasteiger partial charge in [0.25, 0.3) is 0 Å². The van der Waals surface area contributed by atoms with Crippen molar-refractivity contribution in [3.8, 4) is 0 Å². The average molecular weight is 266 g/mol. The number of carbonyl (C=O) groups excluding carboxylic acids is 1. The number of hydrogen-bond donors (Lipinski definition) is 3. The fourth-order valence-electron chi connectivity index (χ4n) is 1.64. The predicted octanol–water partition coefficient (Wildman–Crippen LogP) is 1.26. The van der Waals surface area contributed by atoms with Crippen molar-refractivity contribution in [3.05, 3.63) is 29.8 Å². The molecular weight excluding hydrogens is 244 g/mol. The SMILES string of the molecule is NCc1ccccc1NC(=O)CCCOCCCO. The third-order valence-electron chi connectivity index (χ3n) is 2.65. The normalized spacial score (nSPS) is 10.4. The molecule has 1 aromatic rings. The minimum Gasteiger partial charge on any atom is -0.396 e. The Morgan fingerprint density at radius 1 is 1.26 bits per heavy atom. The highest BCUT2D eigenvalue weighted by Gasteiger charge is 2.05. The molecule has 0 aromatic heterocycles. The summed E-state index contributed by atoms with van der Waals surface area (Å²) in [4.78, 5) is 11.7. The Bertz CT molecular complexity index is 383. The van der Waals surface area contributed by atoms with Gasteiger partial charge >= 0.3 is 0 Å². The van der Waals surface area contributed by atoms with Crippen molar-refractivity contribution in [2.45, 2.75) is 25.8 Å². The van der Waals surface area contributed by atoms with Gasteiger partial charge in [0.05, 0.1) is 0 Å². The van der Waals surface area contributed by atoms with E-state index in [1.807, 2.05) is 24.3 Å². The topological polar surface area (TPSA) is 84.6 Å². The quantitative estimate of drug-likeness (QED) is 0.587. The summed E-state index contributed by atoms with van der Waals surface area (Å²) < 4.78 is 5.26. The molecular formula is C14H22N2O3. The maximum absolute atomic E-state index is 11.7. The van der Waals surface area contributed by atoms with Crippen LogP contribution in [0, 0.1) is 0 Å². The van der Waals surface area contributed by atoms with Crippen molar-refractivity contribution in [2.24, 2.45) is 5.73 Å². The molecule has 0 unspecified atom stereocenters. The Hall–Kier alpha value is -1.43. The maximum atomic E-state index is 11.7. The molecule has 0 spiro atoms. The molecule has 1 aromatic carbocycles. The third kappa shape index (κ3) is 6.33. The second-order valence-corrected chi connectivity index (χ2v) is 4.20. The number of carbonyl (C=O) groups is 1. The first kappa shape index (κ1) is 15.6. The molecule has 0 aliphatic rings. The van der Waals surface area contributed by atoms with Crippen LogP contribution in [0.1, 0.15) is 24.8 Å². The van der Waals surface area contributed by atoms with Gasteiger partial charge in [-0.05, 0) is 24.5 Å². The van der Waals surface area contributed by atoms with Gasteiger partial charge < -0.3 is 20.9 Å². The summed E-state index contributed by atoms with van der Waals surface area (Å²) in [6.45, 7) is 1.61. The van der Waals surface area contributed by atoms with Crippen molar-refractivity contribution < 1.29 is 14.6 Å². The summed E-state index contributed by atoms with van der Waals surface area (Å²) in [5, 5.41) is 11.4. The lowest BCUT2D eigenvalue weighted by Gasteiger charge is -2.09. The van der Waals surface area contributed by atoms with Crippen molar-refractivity contribution in [1.82, 2.24) is 0 Å². The number of nitrogens with two attached hydrogens (primary N) is 1. The minimum atomic E-state index is -0.0355. The van der Waals surface area contributed by atoms with Gasteiger partial charge in [0, 0.05) is 38.5 Å². The van der Waals surface area contributed by atoms with Gasteiger partial charge in [-0.1, -0.05) is 18.2 Å². The largest absolute Gasteiger partial charge is 0.396 e. The van der Waals surface area contributed by atoms with Crippen LogP contribution in [-0.2, 0) is 16.1 Å². The molecule has 0 bridgehead atoms. The minimum absolute atomic E-state index is 0.0355. The summed E-state index contributed by atoms with van der Waals surface area (Å²) in [7, 11) is 0. The van der Waals surface area contributed by atoms with Crippen molar-refractivity contribution in [1.29, 1.82) is 0 Å². The number of amides is 1. The lowest BCUT2D eigenvalue weighted by Crippen LogP contribution is -2.14. The Labute approximate surface area is 113 Å². The molecule has 1 amide bonds. The first-order chi connectivity index (χ1) is 9.27. The van der Waals surface area contributed by atoms with Gasteiger partial charge in [-0.3, -0.25) is 4.79 Å².